The highest BCUT2D eigenvalue weighted by Gasteiger charge is 2.19. The van der Waals surface area contributed by atoms with Crippen LogP contribution in [0, 0.1) is 12.3 Å². The van der Waals surface area contributed by atoms with Gasteiger partial charge in [-0.25, -0.2) is 0 Å². The number of carbonyl (C=O) groups excluding carboxylic acids is 1. The van der Waals surface area contributed by atoms with E-state index in [1.165, 1.54) is 10.4 Å². The van der Waals surface area contributed by atoms with Gasteiger partial charge in [0, 0.05) is 18.0 Å². The van der Waals surface area contributed by atoms with E-state index in [9.17, 15) is 4.79 Å². The Labute approximate surface area is 120 Å². The first-order valence-corrected chi connectivity index (χ1v) is 7.69. The maximum atomic E-state index is 12.1. The lowest BCUT2D eigenvalue weighted by molar-refractivity contribution is 0.0937. The summed E-state index contributed by atoms with van der Waals surface area (Å²) in [7, 11) is 0. The number of aliphatic hydroxyl groups excluding tert-OH is 1. The molecule has 2 N–H and O–H groups in total. The van der Waals surface area contributed by atoms with E-state index < -0.39 is 0 Å². The number of hydrogen-bond acceptors (Lipinski definition) is 3. The average molecular weight is 283 g/mol. The van der Waals surface area contributed by atoms with Crippen LogP contribution >= 0.6 is 11.3 Å². The largest absolute Gasteiger partial charge is 0.396 e. The first-order valence-electron chi connectivity index (χ1n) is 6.88. The van der Waals surface area contributed by atoms with E-state index in [1.807, 2.05) is 6.07 Å². The Kier molecular flexibility index (Phi) is 6.01. The maximum absolute atomic E-state index is 12.1. The van der Waals surface area contributed by atoms with E-state index in [0.717, 1.165) is 24.1 Å². The molecule has 1 aromatic rings. The molecule has 0 aliphatic rings. The molecular weight excluding hydrogens is 258 g/mol. The van der Waals surface area contributed by atoms with Gasteiger partial charge in [0.05, 0.1) is 4.88 Å². The van der Waals surface area contributed by atoms with Crippen molar-refractivity contribution < 1.29 is 9.90 Å². The lowest BCUT2D eigenvalue weighted by Gasteiger charge is -2.24. The first-order chi connectivity index (χ1) is 8.89. The van der Waals surface area contributed by atoms with Gasteiger partial charge < -0.3 is 10.4 Å². The molecule has 0 unspecified atom stereocenters. The summed E-state index contributed by atoms with van der Waals surface area (Å²) in [5.74, 6) is 0.0184. The molecule has 0 atom stereocenters. The maximum Gasteiger partial charge on any atom is 0.261 e. The molecule has 0 saturated carbocycles. The van der Waals surface area contributed by atoms with E-state index >= 15 is 0 Å². The predicted molar refractivity (Wildman–Crippen MR) is 80.9 cm³/mol. The molecule has 0 bridgehead atoms. The minimum atomic E-state index is 0.0184. The summed E-state index contributed by atoms with van der Waals surface area (Å²) in [4.78, 5) is 14.1. The zero-order valence-electron chi connectivity index (χ0n) is 12.4. The Morgan fingerprint density at radius 3 is 2.68 bits per heavy atom. The zero-order valence-corrected chi connectivity index (χ0v) is 13.2. The van der Waals surface area contributed by atoms with Gasteiger partial charge >= 0.3 is 0 Å². The van der Waals surface area contributed by atoms with Crippen LogP contribution in [0.5, 0.6) is 0 Å². The normalized spacial score (nSPS) is 11.6. The first kappa shape index (κ1) is 16.2. The monoisotopic (exact) mass is 283 g/mol. The molecule has 3 nitrogen and oxygen atoms in total. The van der Waals surface area contributed by atoms with Crippen molar-refractivity contribution in [3.63, 3.8) is 0 Å². The summed E-state index contributed by atoms with van der Waals surface area (Å²) in [6, 6.07) is 2.00. The quantitative estimate of drug-likeness (QED) is 0.807. The van der Waals surface area contributed by atoms with Gasteiger partial charge in [-0.2, -0.15) is 0 Å². The third kappa shape index (κ3) is 4.96. The second-order valence-electron chi connectivity index (χ2n) is 5.72. The highest BCUT2D eigenvalue weighted by atomic mass is 32.1. The number of carbonyl (C=O) groups is 1. The predicted octanol–water partition coefficient (Wildman–Crippen LogP) is 3.15. The van der Waals surface area contributed by atoms with Crippen LogP contribution in [0.25, 0.3) is 0 Å². The fourth-order valence-corrected chi connectivity index (χ4v) is 3.07. The summed E-state index contributed by atoms with van der Waals surface area (Å²) in [5, 5.41) is 11.9. The second-order valence-corrected chi connectivity index (χ2v) is 6.98. The molecule has 1 aromatic heterocycles. The van der Waals surface area contributed by atoms with Gasteiger partial charge in [-0.15, -0.1) is 11.3 Å². The van der Waals surface area contributed by atoms with Gasteiger partial charge in [0.15, 0.2) is 0 Å². The Bertz CT molecular complexity index is 424. The molecule has 1 heterocycles. The van der Waals surface area contributed by atoms with Crippen LogP contribution in [-0.4, -0.2) is 24.2 Å². The van der Waals surface area contributed by atoms with Crippen molar-refractivity contribution in [1.29, 1.82) is 0 Å². The lowest BCUT2D eigenvalue weighted by atomic mass is 9.88. The highest BCUT2D eigenvalue weighted by Crippen LogP contribution is 2.23. The van der Waals surface area contributed by atoms with Crippen molar-refractivity contribution in [2.75, 3.05) is 13.2 Å². The summed E-state index contributed by atoms with van der Waals surface area (Å²) in [6.45, 7) is 9.24. The van der Waals surface area contributed by atoms with Crippen molar-refractivity contribution in [1.82, 2.24) is 5.32 Å². The number of aliphatic hydroxyl groups is 1. The van der Waals surface area contributed by atoms with Crippen molar-refractivity contribution in [3.05, 3.63) is 21.4 Å². The van der Waals surface area contributed by atoms with Gasteiger partial charge in [-0.05, 0) is 43.2 Å². The topological polar surface area (TPSA) is 49.3 Å². The molecule has 0 aliphatic carbocycles. The number of thiophene rings is 1. The number of nitrogens with one attached hydrogen (secondary N) is 1. The molecule has 108 valence electrons. The fraction of sp³-hybridized carbons (Fsp3) is 0.667. The Balaban J connectivity index is 2.55. The fourth-order valence-electron chi connectivity index (χ4n) is 2.04. The smallest absolute Gasteiger partial charge is 0.261 e. The SMILES string of the molecule is CCc1cc(C(=O)NCC(C)(C)CCCO)sc1C. The van der Waals surface area contributed by atoms with Crippen molar-refractivity contribution in [2.24, 2.45) is 5.41 Å². The summed E-state index contributed by atoms with van der Waals surface area (Å²) < 4.78 is 0. The molecule has 1 amide bonds. The molecule has 4 heteroatoms. The molecule has 0 spiro atoms. The van der Waals surface area contributed by atoms with Gasteiger partial charge in [-0.1, -0.05) is 20.8 Å². The molecule has 0 aliphatic heterocycles. The standard InChI is InChI=1S/C15H25NO2S/c1-5-12-9-13(19-11(12)2)14(18)16-10-15(3,4)7-6-8-17/h9,17H,5-8,10H2,1-4H3,(H,16,18). The van der Waals surface area contributed by atoms with Crippen LogP contribution in [-0.2, 0) is 6.42 Å². The molecule has 0 aromatic carbocycles. The molecule has 0 radical (unpaired) electrons. The lowest BCUT2D eigenvalue weighted by Crippen LogP contribution is -2.33. The third-order valence-electron chi connectivity index (χ3n) is 3.36. The summed E-state index contributed by atoms with van der Waals surface area (Å²) >= 11 is 1.56. The molecule has 0 saturated heterocycles. The van der Waals surface area contributed by atoms with E-state index in [2.05, 4.69) is 33.0 Å². The number of aryl methyl sites for hydroxylation is 2. The minimum Gasteiger partial charge on any atom is -0.396 e. The summed E-state index contributed by atoms with van der Waals surface area (Å²) in [6.07, 6.45) is 2.66. The Morgan fingerprint density at radius 2 is 2.16 bits per heavy atom. The number of amides is 1. The average Bonchev–Trinajstić information content (AvgIpc) is 2.75. The van der Waals surface area contributed by atoms with Crippen LogP contribution in [0.1, 0.15) is 53.7 Å². The van der Waals surface area contributed by atoms with Crippen LogP contribution in [0.3, 0.4) is 0 Å². The van der Waals surface area contributed by atoms with Crippen molar-refractivity contribution >= 4 is 17.2 Å². The van der Waals surface area contributed by atoms with Crippen LogP contribution in [0.4, 0.5) is 0 Å². The van der Waals surface area contributed by atoms with Gasteiger partial charge in [0.1, 0.15) is 0 Å². The zero-order chi connectivity index (χ0) is 14.5. The van der Waals surface area contributed by atoms with Crippen LogP contribution in [0.2, 0.25) is 0 Å². The van der Waals surface area contributed by atoms with Gasteiger partial charge in [0.2, 0.25) is 0 Å². The number of hydrogen-bond donors (Lipinski definition) is 2. The Hall–Kier alpha value is -0.870. The van der Waals surface area contributed by atoms with E-state index in [0.29, 0.717) is 6.54 Å². The van der Waals surface area contributed by atoms with E-state index in [-0.39, 0.29) is 17.9 Å². The molecular formula is C15H25NO2S. The molecule has 1 rings (SSSR count). The van der Waals surface area contributed by atoms with E-state index in [1.54, 1.807) is 11.3 Å². The summed E-state index contributed by atoms with van der Waals surface area (Å²) in [5.41, 5.74) is 1.29. The minimum absolute atomic E-state index is 0.0184. The molecule has 0 fully saturated rings. The highest BCUT2D eigenvalue weighted by molar-refractivity contribution is 7.14. The van der Waals surface area contributed by atoms with Gasteiger partial charge in [0.25, 0.3) is 5.91 Å². The van der Waals surface area contributed by atoms with Crippen LogP contribution < -0.4 is 5.32 Å². The van der Waals surface area contributed by atoms with E-state index in [4.69, 9.17) is 5.11 Å². The van der Waals surface area contributed by atoms with Crippen LogP contribution in [0.15, 0.2) is 6.07 Å². The Morgan fingerprint density at radius 1 is 1.47 bits per heavy atom. The van der Waals surface area contributed by atoms with Gasteiger partial charge in [-0.3, -0.25) is 4.79 Å². The van der Waals surface area contributed by atoms with Crippen molar-refractivity contribution in [3.8, 4) is 0 Å². The number of rotatable bonds is 7. The van der Waals surface area contributed by atoms with Crippen molar-refractivity contribution in [2.45, 2.75) is 47.0 Å². The second kappa shape index (κ2) is 7.06. The third-order valence-corrected chi connectivity index (χ3v) is 4.46. The molecule has 19 heavy (non-hydrogen) atoms.